The molecule has 5 nitrogen and oxygen atoms in total. The number of aryl methyl sites for hydroxylation is 1. The standard InChI is InChI=1S/C19H19ClN2O3/c1-2-13-3-6-16(7-4-13)22-11-15(9-18(22)23)19(24)25-12-14-5-8-17(20)21-10-14/h3-8,10,15H,2,9,11-12H2,1H3. The number of carbonyl (C=O) groups excluding carboxylic acids is 2. The third kappa shape index (κ3) is 4.17. The molecule has 0 saturated carbocycles. The monoisotopic (exact) mass is 358 g/mol. The Morgan fingerprint density at radius 3 is 2.60 bits per heavy atom. The van der Waals surface area contributed by atoms with Gasteiger partial charge in [0.2, 0.25) is 5.91 Å². The highest BCUT2D eigenvalue weighted by atomic mass is 35.5. The summed E-state index contributed by atoms with van der Waals surface area (Å²) in [5.41, 5.74) is 2.79. The number of nitrogens with zero attached hydrogens (tertiary/aromatic N) is 2. The molecule has 130 valence electrons. The van der Waals surface area contributed by atoms with Crippen LogP contribution >= 0.6 is 11.6 Å². The molecule has 0 radical (unpaired) electrons. The summed E-state index contributed by atoms with van der Waals surface area (Å²) in [6.45, 7) is 2.55. The Bertz CT molecular complexity index is 759. The molecule has 2 aromatic rings. The van der Waals surface area contributed by atoms with Crippen molar-refractivity contribution < 1.29 is 14.3 Å². The molecule has 6 heteroatoms. The van der Waals surface area contributed by atoms with Crippen molar-refractivity contribution in [3.05, 3.63) is 58.9 Å². The van der Waals surface area contributed by atoms with E-state index < -0.39 is 5.92 Å². The van der Waals surface area contributed by atoms with Crippen LogP contribution in [-0.2, 0) is 27.4 Å². The highest BCUT2D eigenvalue weighted by Gasteiger charge is 2.36. The molecular formula is C19H19ClN2O3. The largest absolute Gasteiger partial charge is 0.460 e. The van der Waals surface area contributed by atoms with Gasteiger partial charge in [-0.3, -0.25) is 9.59 Å². The van der Waals surface area contributed by atoms with Crippen molar-refractivity contribution in [3.8, 4) is 0 Å². The van der Waals surface area contributed by atoms with E-state index in [1.54, 1.807) is 23.2 Å². The van der Waals surface area contributed by atoms with Crippen molar-refractivity contribution >= 4 is 29.2 Å². The Labute approximate surface area is 151 Å². The van der Waals surface area contributed by atoms with E-state index in [1.165, 1.54) is 5.56 Å². The first-order valence-electron chi connectivity index (χ1n) is 8.23. The smallest absolute Gasteiger partial charge is 0.311 e. The van der Waals surface area contributed by atoms with Crippen molar-refractivity contribution in [2.24, 2.45) is 5.92 Å². The summed E-state index contributed by atoms with van der Waals surface area (Å²) in [5, 5.41) is 0.390. The number of esters is 1. The zero-order chi connectivity index (χ0) is 17.8. The SMILES string of the molecule is CCc1ccc(N2CC(C(=O)OCc3ccc(Cl)nc3)CC2=O)cc1. The Balaban J connectivity index is 1.59. The lowest BCUT2D eigenvalue weighted by Gasteiger charge is -2.17. The van der Waals surface area contributed by atoms with E-state index in [4.69, 9.17) is 16.3 Å². The molecule has 1 aliphatic heterocycles. The molecule has 1 atom stereocenters. The number of rotatable bonds is 5. The molecular weight excluding hydrogens is 340 g/mol. The first-order chi connectivity index (χ1) is 12.1. The molecule has 25 heavy (non-hydrogen) atoms. The van der Waals surface area contributed by atoms with Gasteiger partial charge in [-0.05, 0) is 30.2 Å². The third-order valence-corrected chi connectivity index (χ3v) is 4.51. The zero-order valence-corrected chi connectivity index (χ0v) is 14.7. The molecule has 1 amide bonds. The van der Waals surface area contributed by atoms with Gasteiger partial charge in [-0.1, -0.05) is 36.7 Å². The number of carbonyl (C=O) groups is 2. The van der Waals surface area contributed by atoms with Gasteiger partial charge in [0.15, 0.2) is 0 Å². The Morgan fingerprint density at radius 2 is 1.96 bits per heavy atom. The summed E-state index contributed by atoms with van der Waals surface area (Å²) in [6.07, 6.45) is 2.69. The number of hydrogen-bond donors (Lipinski definition) is 0. The number of amides is 1. The topological polar surface area (TPSA) is 59.5 Å². The maximum absolute atomic E-state index is 12.3. The fourth-order valence-electron chi connectivity index (χ4n) is 2.79. The van der Waals surface area contributed by atoms with E-state index in [0.717, 1.165) is 17.7 Å². The van der Waals surface area contributed by atoms with Gasteiger partial charge in [0.25, 0.3) is 0 Å². The average Bonchev–Trinajstić information content (AvgIpc) is 3.03. The Hall–Kier alpha value is -2.40. The number of aromatic nitrogens is 1. The fraction of sp³-hybridized carbons (Fsp3) is 0.316. The van der Waals surface area contributed by atoms with Gasteiger partial charge in [-0.15, -0.1) is 0 Å². The molecule has 0 aliphatic carbocycles. The van der Waals surface area contributed by atoms with E-state index >= 15 is 0 Å². The van der Waals surface area contributed by atoms with Crippen LogP contribution in [0.5, 0.6) is 0 Å². The van der Waals surface area contributed by atoms with Crippen molar-refractivity contribution in [2.45, 2.75) is 26.4 Å². The quantitative estimate of drug-likeness (QED) is 0.607. The van der Waals surface area contributed by atoms with Crippen molar-refractivity contribution in [3.63, 3.8) is 0 Å². The molecule has 1 aliphatic rings. The lowest BCUT2D eigenvalue weighted by molar-refractivity contribution is -0.149. The predicted octanol–water partition coefficient (Wildman–Crippen LogP) is 3.39. The minimum atomic E-state index is -0.446. The molecule has 0 N–H and O–H groups in total. The number of benzene rings is 1. The minimum Gasteiger partial charge on any atom is -0.460 e. The van der Waals surface area contributed by atoms with Crippen molar-refractivity contribution in [2.75, 3.05) is 11.4 Å². The number of pyridine rings is 1. The van der Waals surface area contributed by atoms with Crippen LogP contribution in [0.1, 0.15) is 24.5 Å². The fourth-order valence-corrected chi connectivity index (χ4v) is 2.90. The molecule has 1 fully saturated rings. The number of ether oxygens (including phenoxy) is 1. The number of halogens is 1. The van der Waals surface area contributed by atoms with Crippen molar-refractivity contribution in [1.29, 1.82) is 0 Å². The van der Waals surface area contributed by atoms with E-state index in [9.17, 15) is 9.59 Å². The lowest BCUT2D eigenvalue weighted by atomic mass is 10.1. The van der Waals surface area contributed by atoms with Gasteiger partial charge in [-0.2, -0.15) is 0 Å². The molecule has 1 saturated heterocycles. The van der Waals surface area contributed by atoms with Gasteiger partial charge >= 0.3 is 5.97 Å². The van der Waals surface area contributed by atoms with Crippen LogP contribution < -0.4 is 4.90 Å². The van der Waals surface area contributed by atoms with Crippen LogP contribution in [0.2, 0.25) is 5.15 Å². The maximum atomic E-state index is 12.3. The van der Waals surface area contributed by atoms with Crippen molar-refractivity contribution in [1.82, 2.24) is 4.98 Å². The van der Waals surface area contributed by atoms with Crippen LogP contribution in [0.25, 0.3) is 0 Å². The summed E-state index contributed by atoms with van der Waals surface area (Å²) in [4.78, 5) is 30.1. The number of anilines is 1. The van der Waals surface area contributed by atoms with Gasteiger partial charge in [0.1, 0.15) is 11.8 Å². The first kappa shape index (κ1) is 17.4. The van der Waals surface area contributed by atoms with E-state index in [1.807, 2.05) is 24.3 Å². The second kappa shape index (κ2) is 7.66. The predicted molar refractivity (Wildman–Crippen MR) is 95.3 cm³/mol. The van der Waals surface area contributed by atoms with Crippen LogP contribution in [0.4, 0.5) is 5.69 Å². The lowest BCUT2D eigenvalue weighted by Crippen LogP contribution is -2.26. The first-order valence-corrected chi connectivity index (χ1v) is 8.61. The maximum Gasteiger partial charge on any atom is 0.311 e. The third-order valence-electron chi connectivity index (χ3n) is 4.28. The second-order valence-corrected chi connectivity index (χ2v) is 6.41. The highest BCUT2D eigenvalue weighted by molar-refractivity contribution is 6.29. The second-order valence-electron chi connectivity index (χ2n) is 6.02. The number of hydrogen-bond acceptors (Lipinski definition) is 4. The Kier molecular flexibility index (Phi) is 5.34. The highest BCUT2D eigenvalue weighted by Crippen LogP contribution is 2.26. The summed E-state index contributed by atoms with van der Waals surface area (Å²) in [6, 6.07) is 11.2. The van der Waals surface area contributed by atoms with E-state index in [2.05, 4.69) is 11.9 Å². The summed E-state index contributed by atoms with van der Waals surface area (Å²) >= 11 is 5.73. The summed E-state index contributed by atoms with van der Waals surface area (Å²) in [7, 11) is 0. The summed E-state index contributed by atoms with van der Waals surface area (Å²) < 4.78 is 5.32. The molecule has 0 spiro atoms. The molecule has 3 rings (SSSR count). The molecule has 1 aromatic heterocycles. The zero-order valence-electron chi connectivity index (χ0n) is 13.9. The van der Waals surface area contributed by atoms with E-state index in [-0.39, 0.29) is 24.9 Å². The van der Waals surface area contributed by atoms with Gasteiger partial charge in [0, 0.05) is 30.4 Å². The van der Waals surface area contributed by atoms with Gasteiger partial charge in [0.05, 0.1) is 5.92 Å². The summed E-state index contributed by atoms with van der Waals surface area (Å²) in [5.74, 6) is -0.867. The molecule has 1 aromatic carbocycles. The average molecular weight is 359 g/mol. The molecule has 0 bridgehead atoms. The van der Waals surface area contributed by atoms with Crippen LogP contribution in [0, 0.1) is 5.92 Å². The molecule has 2 heterocycles. The normalized spacial score (nSPS) is 17.0. The van der Waals surface area contributed by atoms with Crippen LogP contribution in [0.15, 0.2) is 42.6 Å². The molecule has 1 unspecified atom stereocenters. The van der Waals surface area contributed by atoms with Crippen LogP contribution in [-0.4, -0.2) is 23.4 Å². The van der Waals surface area contributed by atoms with Gasteiger partial charge in [-0.25, -0.2) is 4.98 Å². The van der Waals surface area contributed by atoms with Gasteiger partial charge < -0.3 is 9.64 Å². The van der Waals surface area contributed by atoms with E-state index in [0.29, 0.717) is 11.7 Å². The minimum absolute atomic E-state index is 0.0561. The Morgan fingerprint density at radius 1 is 1.24 bits per heavy atom. The van der Waals surface area contributed by atoms with Crippen LogP contribution in [0.3, 0.4) is 0 Å².